The summed E-state index contributed by atoms with van der Waals surface area (Å²) in [5, 5.41) is 0. The van der Waals surface area contributed by atoms with Crippen molar-refractivity contribution in [3.05, 3.63) is 24.3 Å². The van der Waals surface area contributed by atoms with Gasteiger partial charge in [0.15, 0.2) is 0 Å². The van der Waals surface area contributed by atoms with E-state index in [0.717, 1.165) is 25.3 Å². The van der Waals surface area contributed by atoms with Gasteiger partial charge in [0.25, 0.3) is 0 Å². The molecular weight excluding hydrogens is 256 g/mol. The van der Waals surface area contributed by atoms with Gasteiger partial charge in [0.2, 0.25) is 5.91 Å². The summed E-state index contributed by atoms with van der Waals surface area (Å²) < 4.78 is 5.52. The number of rotatable bonds is 5. The van der Waals surface area contributed by atoms with Gasteiger partial charge in [-0.1, -0.05) is 0 Å². The average Bonchev–Trinajstić information content (AvgIpc) is 2.81. The smallest absolute Gasteiger partial charge is 0.222 e. The van der Waals surface area contributed by atoms with E-state index in [1.54, 1.807) is 44.7 Å². The van der Waals surface area contributed by atoms with E-state index in [2.05, 4.69) is 14.9 Å². The number of methoxy groups -OCH3 is 1. The van der Waals surface area contributed by atoms with Gasteiger partial charge >= 0.3 is 0 Å². The van der Waals surface area contributed by atoms with Crippen molar-refractivity contribution >= 4 is 5.91 Å². The first-order chi connectivity index (χ1) is 9.60. The summed E-state index contributed by atoms with van der Waals surface area (Å²) in [6.07, 6.45) is 5.79. The molecule has 0 saturated carbocycles. The van der Waals surface area contributed by atoms with Crippen molar-refractivity contribution in [1.82, 2.24) is 19.8 Å². The molecule has 2 atom stereocenters. The Morgan fingerprint density at radius 3 is 2.85 bits per heavy atom. The van der Waals surface area contributed by atoms with Gasteiger partial charge in [-0.3, -0.25) is 19.7 Å². The zero-order valence-corrected chi connectivity index (χ0v) is 12.3. The second-order valence-electron chi connectivity index (χ2n) is 5.42. The highest BCUT2D eigenvalue weighted by Crippen LogP contribution is 2.24. The van der Waals surface area contributed by atoms with Crippen LogP contribution in [0.25, 0.3) is 0 Å². The third kappa shape index (κ3) is 3.74. The summed E-state index contributed by atoms with van der Waals surface area (Å²) in [6, 6.07) is 0. The summed E-state index contributed by atoms with van der Waals surface area (Å²) in [5.74, 6) is 0.393. The summed E-state index contributed by atoms with van der Waals surface area (Å²) in [6.45, 7) is 2.44. The maximum atomic E-state index is 11.9. The molecule has 1 aliphatic rings. The van der Waals surface area contributed by atoms with Crippen LogP contribution < -0.4 is 0 Å². The van der Waals surface area contributed by atoms with Crippen LogP contribution in [0.3, 0.4) is 0 Å². The Labute approximate surface area is 119 Å². The number of carbonyl (C=O) groups excluding carboxylic acids is 1. The van der Waals surface area contributed by atoms with Crippen LogP contribution in [0.15, 0.2) is 18.6 Å². The molecule has 2 rings (SSSR count). The van der Waals surface area contributed by atoms with Crippen molar-refractivity contribution in [1.29, 1.82) is 0 Å². The lowest BCUT2D eigenvalue weighted by Gasteiger charge is -2.18. The lowest BCUT2D eigenvalue weighted by atomic mass is 10.0. The first-order valence-electron chi connectivity index (χ1n) is 6.80. The van der Waals surface area contributed by atoms with Gasteiger partial charge in [-0.2, -0.15) is 0 Å². The average molecular weight is 278 g/mol. The van der Waals surface area contributed by atoms with Crippen LogP contribution in [0.4, 0.5) is 0 Å². The number of nitrogens with zero attached hydrogens (tertiary/aromatic N) is 4. The molecule has 0 bridgehead atoms. The molecule has 1 aromatic rings. The predicted molar refractivity (Wildman–Crippen MR) is 74.9 cm³/mol. The predicted octanol–water partition coefficient (Wildman–Crippen LogP) is 0.402. The molecule has 1 aromatic heterocycles. The van der Waals surface area contributed by atoms with Crippen LogP contribution in [-0.2, 0) is 16.1 Å². The molecule has 6 heteroatoms. The Hall–Kier alpha value is -1.53. The van der Waals surface area contributed by atoms with Gasteiger partial charge in [0, 0.05) is 71.8 Å². The molecule has 110 valence electrons. The molecule has 0 aliphatic carbocycles. The molecule has 0 N–H and O–H groups in total. The third-order valence-electron chi connectivity index (χ3n) is 3.70. The molecule has 2 heterocycles. The highest BCUT2D eigenvalue weighted by atomic mass is 16.5. The SMILES string of the molecule is CO[C@H]1CN(Cc2cnccn2)C[C@H]1CC(=O)N(C)C. The van der Waals surface area contributed by atoms with Gasteiger partial charge in [-0.25, -0.2) is 0 Å². The Morgan fingerprint density at radius 2 is 2.25 bits per heavy atom. The summed E-state index contributed by atoms with van der Waals surface area (Å²) >= 11 is 0. The Kier molecular flexibility index (Phi) is 5.03. The van der Waals surface area contributed by atoms with E-state index in [9.17, 15) is 4.79 Å². The molecule has 1 amide bonds. The van der Waals surface area contributed by atoms with Gasteiger partial charge in [-0.05, 0) is 0 Å². The van der Waals surface area contributed by atoms with Crippen molar-refractivity contribution in [2.75, 3.05) is 34.3 Å². The van der Waals surface area contributed by atoms with E-state index in [0.29, 0.717) is 6.42 Å². The van der Waals surface area contributed by atoms with Crippen LogP contribution in [0, 0.1) is 5.92 Å². The Balaban J connectivity index is 1.93. The summed E-state index contributed by atoms with van der Waals surface area (Å²) in [4.78, 5) is 24.1. The highest BCUT2D eigenvalue weighted by Gasteiger charge is 2.34. The van der Waals surface area contributed by atoms with Crippen molar-refractivity contribution in [2.45, 2.75) is 19.1 Å². The Bertz CT molecular complexity index is 438. The van der Waals surface area contributed by atoms with Gasteiger partial charge < -0.3 is 9.64 Å². The topological polar surface area (TPSA) is 58.6 Å². The van der Waals surface area contributed by atoms with Crippen LogP contribution >= 0.6 is 0 Å². The minimum atomic E-state index is 0.107. The van der Waals surface area contributed by atoms with Crippen molar-refractivity contribution in [3.8, 4) is 0 Å². The fraction of sp³-hybridized carbons (Fsp3) is 0.643. The van der Waals surface area contributed by atoms with Gasteiger partial charge in [0.05, 0.1) is 11.8 Å². The number of carbonyl (C=O) groups is 1. The van der Waals surface area contributed by atoms with E-state index >= 15 is 0 Å². The lowest BCUT2D eigenvalue weighted by molar-refractivity contribution is -0.130. The fourth-order valence-electron chi connectivity index (χ4n) is 2.57. The van der Waals surface area contributed by atoms with Crippen molar-refractivity contribution in [2.24, 2.45) is 5.92 Å². The molecule has 0 radical (unpaired) electrons. The van der Waals surface area contributed by atoms with E-state index < -0.39 is 0 Å². The number of amides is 1. The van der Waals surface area contributed by atoms with Gasteiger partial charge in [-0.15, -0.1) is 0 Å². The van der Waals surface area contributed by atoms with Crippen molar-refractivity contribution in [3.63, 3.8) is 0 Å². The zero-order chi connectivity index (χ0) is 14.5. The van der Waals surface area contributed by atoms with Crippen molar-refractivity contribution < 1.29 is 9.53 Å². The largest absolute Gasteiger partial charge is 0.380 e. The highest BCUT2D eigenvalue weighted by molar-refractivity contribution is 5.75. The normalized spacial score (nSPS) is 22.9. The summed E-state index contributed by atoms with van der Waals surface area (Å²) in [7, 11) is 5.29. The zero-order valence-electron chi connectivity index (χ0n) is 12.3. The van der Waals surface area contributed by atoms with E-state index in [4.69, 9.17) is 4.74 Å². The molecule has 1 aliphatic heterocycles. The molecule has 20 heavy (non-hydrogen) atoms. The number of hydrogen-bond acceptors (Lipinski definition) is 5. The van der Waals surface area contributed by atoms with E-state index in [1.807, 2.05) is 0 Å². The molecule has 1 fully saturated rings. The molecule has 1 saturated heterocycles. The number of ether oxygens (including phenoxy) is 1. The second kappa shape index (κ2) is 6.76. The van der Waals surface area contributed by atoms with Crippen LogP contribution in [0.5, 0.6) is 0 Å². The molecule has 6 nitrogen and oxygen atoms in total. The number of hydrogen-bond donors (Lipinski definition) is 0. The quantitative estimate of drug-likeness (QED) is 0.780. The van der Waals surface area contributed by atoms with E-state index in [1.165, 1.54) is 0 Å². The van der Waals surface area contributed by atoms with Crippen LogP contribution in [0.2, 0.25) is 0 Å². The Morgan fingerprint density at radius 1 is 1.45 bits per heavy atom. The van der Waals surface area contributed by atoms with Gasteiger partial charge in [0.1, 0.15) is 0 Å². The maximum absolute atomic E-state index is 11.9. The maximum Gasteiger partial charge on any atom is 0.222 e. The minimum Gasteiger partial charge on any atom is -0.380 e. The molecule has 0 spiro atoms. The first kappa shape index (κ1) is 14.9. The fourth-order valence-corrected chi connectivity index (χ4v) is 2.57. The first-order valence-corrected chi connectivity index (χ1v) is 6.80. The number of aromatic nitrogens is 2. The second-order valence-corrected chi connectivity index (χ2v) is 5.42. The lowest BCUT2D eigenvalue weighted by Crippen LogP contribution is -2.29. The standard InChI is InChI=1S/C14H22N4O2/c1-17(2)14(19)6-11-8-18(10-13(11)20-3)9-12-7-15-4-5-16-12/h4-5,7,11,13H,6,8-10H2,1-3H3/t11-,13+/m1/s1. The number of likely N-dealkylation sites (tertiary alicyclic amines) is 1. The molecular formula is C14H22N4O2. The van der Waals surface area contributed by atoms with E-state index in [-0.39, 0.29) is 17.9 Å². The monoisotopic (exact) mass is 278 g/mol. The third-order valence-corrected chi connectivity index (χ3v) is 3.70. The summed E-state index contributed by atoms with van der Waals surface area (Å²) in [5.41, 5.74) is 0.946. The van der Waals surface area contributed by atoms with Crippen LogP contribution in [0.1, 0.15) is 12.1 Å². The minimum absolute atomic E-state index is 0.107. The van der Waals surface area contributed by atoms with Crippen LogP contribution in [-0.4, -0.2) is 66.1 Å². The molecule has 0 aromatic carbocycles. The molecule has 0 unspecified atom stereocenters.